The Morgan fingerprint density at radius 2 is 1.86 bits per heavy atom. The molecule has 21 heavy (non-hydrogen) atoms. The highest BCUT2D eigenvalue weighted by Gasteiger charge is 2.33. The van der Waals surface area contributed by atoms with Crippen molar-refractivity contribution in [2.45, 2.75) is 26.9 Å². The normalized spacial score (nSPS) is 10.8. The fourth-order valence-corrected chi connectivity index (χ4v) is 1.58. The van der Waals surface area contributed by atoms with E-state index in [-0.39, 0.29) is 5.69 Å². The molecule has 0 aliphatic heterocycles. The Labute approximate surface area is 119 Å². The van der Waals surface area contributed by atoms with E-state index >= 15 is 0 Å². The molecule has 0 radical (unpaired) electrons. The number of rotatable bonds is 2. The van der Waals surface area contributed by atoms with E-state index in [9.17, 15) is 23.3 Å². The number of hydrogen-bond donors (Lipinski definition) is 0. The third kappa shape index (κ3) is 4.04. The molecule has 0 aliphatic rings. The number of imidazole rings is 1. The molecule has 1 heterocycles. The molecule has 0 atom stereocenters. The van der Waals surface area contributed by atoms with Crippen molar-refractivity contribution in [2.75, 3.05) is 0 Å². The zero-order chi connectivity index (χ0) is 16.2. The minimum atomic E-state index is -4.64. The van der Waals surface area contributed by atoms with E-state index in [1.807, 2.05) is 13.8 Å². The van der Waals surface area contributed by atoms with Crippen molar-refractivity contribution in [1.82, 2.24) is 9.55 Å². The Kier molecular flexibility index (Phi) is 5.07. The van der Waals surface area contributed by atoms with Crippen LogP contribution in [0.15, 0.2) is 30.7 Å². The second-order valence-electron chi connectivity index (χ2n) is 3.92. The number of nitro benzene ring substituents is 1. The maximum absolute atomic E-state index is 12.7. The van der Waals surface area contributed by atoms with E-state index in [0.29, 0.717) is 11.8 Å². The molecule has 0 aliphatic carbocycles. The van der Waals surface area contributed by atoms with Gasteiger partial charge in [-0.1, -0.05) is 13.8 Å². The van der Waals surface area contributed by atoms with E-state index in [4.69, 9.17) is 0 Å². The van der Waals surface area contributed by atoms with Gasteiger partial charge < -0.3 is 4.57 Å². The number of aromatic nitrogens is 2. The van der Waals surface area contributed by atoms with E-state index in [1.54, 1.807) is 6.92 Å². The van der Waals surface area contributed by atoms with Crippen LogP contribution in [-0.4, -0.2) is 14.5 Å². The largest absolute Gasteiger partial charge is 0.416 e. The summed E-state index contributed by atoms with van der Waals surface area (Å²) >= 11 is 0. The number of benzene rings is 1. The third-order valence-corrected chi connectivity index (χ3v) is 2.45. The maximum atomic E-state index is 12.7. The molecule has 5 nitrogen and oxygen atoms in total. The van der Waals surface area contributed by atoms with Crippen molar-refractivity contribution in [3.8, 4) is 5.69 Å². The molecule has 2 aromatic rings. The summed E-state index contributed by atoms with van der Waals surface area (Å²) in [5, 5.41) is 10.7. The highest BCUT2D eigenvalue weighted by atomic mass is 19.4. The zero-order valence-electron chi connectivity index (χ0n) is 11.7. The molecule has 0 saturated heterocycles. The average molecular weight is 301 g/mol. The van der Waals surface area contributed by atoms with Gasteiger partial charge in [-0.2, -0.15) is 13.2 Å². The highest BCUT2D eigenvalue weighted by Crippen LogP contribution is 2.33. The summed E-state index contributed by atoms with van der Waals surface area (Å²) in [5.74, 6) is 0. The van der Waals surface area contributed by atoms with E-state index in [1.165, 1.54) is 17.1 Å². The van der Waals surface area contributed by atoms with Gasteiger partial charge in [-0.3, -0.25) is 10.1 Å². The van der Waals surface area contributed by atoms with Gasteiger partial charge in [0.1, 0.15) is 0 Å². The lowest BCUT2D eigenvalue weighted by Crippen LogP contribution is -2.07. The van der Waals surface area contributed by atoms with Crippen LogP contribution in [-0.2, 0) is 6.18 Å². The van der Waals surface area contributed by atoms with Gasteiger partial charge in [-0.05, 0) is 13.0 Å². The molecule has 0 N–H and O–H groups in total. The molecule has 0 unspecified atom stereocenters. The number of halogens is 3. The second-order valence-corrected chi connectivity index (χ2v) is 3.92. The van der Waals surface area contributed by atoms with E-state index in [0.717, 1.165) is 12.1 Å². The first-order valence-electron chi connectivity index (χ1n) is 6.15. The van der Waals surface area contributed by atoms with Crippen LogP contribution < -0.4 is 0 Å². The Balaban J connectivity index is 0.00000106. The predicted molar refractivity (Wildman–Crippen MR) is 71.3 cm³/mol. The summed E-state index contributed by atoms with van der Waals surface area (Å²) in [4.78, 5) is 13.7. The third-order valence-electron chi connectivity index (χ3n) is 2.45. The second kappa shape index (κ2) is 6.38. The number of hydrogen-bond acceptors (Lipinski definition) is 3. The lowest BCUT2D eigenvalue weighted by atomic mass is 10.1. The van der Waals surface area contributed by atoms with Gasteiger partial charge in [0.15, 0.2) is 0 Å². The number of nitrogens with zero attached hydrogens (tertiary/aromatic N) is 3. The first-order valence-corrected chi connectivity index (χ1v) is 6.15. The van der Waals surface area contributed by atoms with Crippen LogP contribution in [0, 0.1) is 17.0 Å². The van der Waals surface area contributed by atoms with Crippen molar-refractivity contribution in [2.24, 2.45) is 0 Å². The zero-order valence-corrected chi connectivity index (χ0v) is 11.7. The summed E-state index contributed by atoms with van der Waals surface area (Å²) < 4.78 is 39.4. The van der Waals surface area contributed by atoms with Gasteiger partial charge >= 0.3 is 6.18 Å². The lowest BCUT2D eigenvalue weighted by molar-refractivity contribution is -0.385. The number of non-ortho nitro benzene ring substituents is 1. The molecule has 2 rings (SSSR count). The molecular formula is C13H14F3N3O2. The van der Waals surface area contributed by atoms with Crippen LogP contribution in [0.25, 0.3) is 5.69 Å². The van der Waals surface area contributed by atoms with Crippen LogP contribution in [0.2, 0.25) is 0 Å². The average Bonchev–Trinajstić information content (AvgIpc) is 2.86. The molecule has 0 amide bonds. The molecule has 0 fully saturated rings. The molecule has 1 aromatic heterocycles. The van der Waals surface area contributed by atoms with Crippen LogP contribution >= 0.6 is 0 Å². The van der Waals surface area contributed by atoms with Gasteiger partial charge in [0.25, 0.3) is 5.69 Å². The first-order chi connectivity index (χ1) is 9.77. The Hall–Kier alpha value is -2.38. The smallest absolute Gasteiger partial charge is 0.306 e. The molecular weight excluding hydrogens is 287 g/mol. The number of nitro groups is 1. The van der Waals surface area contributed by atoms with Crippen LogP contribution in [0.3, 0.4) is 0 Å². The minimum Gasteiger partial charge on any atom is -0.306 e. The molecule has 8 heteroatoms. The van der Waals surface area contributed by atoms with Crippen LogP contribution in [0.1, 0.15) is 25.1 Å². The van der Waals surface area contributed by atoms with Crippen molar-refractivity contribution in [3.05, 3.63) is 52.1 Å². The van der Waals surface area contributed by atoms with E-state index in [2.05, 4.69) is 4.98 Å². The fourth-order valence-electron chi connectivity index (χ4n) is 1.58. The minimum absolute atomic E-state index is 0.0436. The van der Waals surface area contributed by atoms with Crippen molar-refractivity contribution in [1.29, 1.82) is 0 Å². The predicted octanol–water partition coefficient (Wildman–Crippen LogP) is 4.13. The van der Waals surface area contributed by atoms with Gasteiger partial charge in [0.05, 0.1) is 28.2 Å². The SMILES string of the molecule is CC.Cc1cn(-c2cc([N+](=O)[O-])cc(C(F)(F)F)c2)cn1. The molecule has 0 spiro atoms. The van der Waals surface area contributed by atoms with Gasteiger partial charge in [0, 0.05) is 18.3 Å². The topological polar surface area (TPSA) is 61.0 Å². The molecule has 0 bridgehead atoms. The Morgan fingerprint density at radius 1 is 1.24 bits per heavy atom. The summed E-state index contributed by atoms with van der Waals surface area (Å²) in [5.41, 5.74) is -1.04. The number of alkyl halides is 3. The van der Waals surface area contributed by atoms with Crippen LogP contribution in [0.5, 0.6) is 0 Å². The van der Waals surface area contributed by atoms with Gasteiger partial charge in [0.2, 0.25) is 0 Å². The summed E-state index contributed by atoms with van der Waals surface area (Å²) in [6, 6.07) is 2.41. The van der Waals surface area contributed by atoms with Crippen molar-refractivity contribution < 1.29 is 18.1 Å². The Morgan fingerprint density at radius 3 is 2.29 bits per heavy atom. The molecule has 0 saturated carbocycles. The maximum Gasteiger partial charge on any atom is 0.416 e. The highest BCUT2D eigenvalue weighted by molar-refractivity contribution is 5.48. The fraction of sp³-hybridized carbons (Fsp3) is 0.308. The van der Waals surface area contributed by atoms with Crippen molar-refractivity contribution >= 4 is 5.69 Å². The van der Waals surface area contributed by atoms with Crippen LogP contribution in [0.4, 0.5) is 18.9 Å². The quantitative estimate of drug-likeness (QED) is 0.619. The first kappa shape index (κ1) is 16.7. The van der Waals surface area contributed by atoms with Crippen molar-refractivity contribution in [3.63, 3.8) is 0 Å². The molecule has 1 aromatic carbocycles. The summed E-state index contributed by atoms with van der Waals surface area (Å²) in [6.45, 7) is 5.67. The summed E-state index contributed by atoms with van der Waals surface area (Å²) in [6.07, 6.45) is -1.86. The van der Waals surface area contributed by atoms with Gasteiger partial charge in [-0.25, -0.2) is 4.98 Å². The standard InChI is InChI=1S/C11H8F3N3O2.C2H6/c1-7-5-16(6-15-7)9-2-8(11(12,13)14)3-10(4-9)17(18)19;1-2/h2-6H,1H3;1-2H3. The monoisotopic (exact) mass is 301 g/mol. The lowest BCUT2D eigenvalue weighted by Gasteiger charge is -2.09. The van der Waals surface area contributed by atoms with E-state index < -0.39 is 22.4 Å². The summed E-state index contributed by atoms with van der Waals surface area (Å²) in [7, 11) is 0. The molecule has 114 valence electrons. The Bertz CT molecular complexity index is 636. The van der Waals surface area contributed by atoms with Gasteiger partial charge in [-0.15, -0.1) is 0 Å². The number of aryl methyl sites for hydroxylation is 1.